The van der Waals surface area contributed by atoms with Crippen LogP contribution in [0.5, 0.6) is 0 Å². The zero-order chi connectivity index (χ0) is 17.9. The number of amides is 2. The number of carbonyl (C=O) groups excluding carboxylic acids is 2. The van der Waals surface area contributed by atoms with Gasteiger partial charge in [-0.25, -0.2) is 4.98 Å². The third-order valence-corrected chi connectivity index (χ3v) is 6.52. The number of fused-ring (bicyclic) bond motifs is 2. The summed E-state index contributed by atoms with van der Waals surface area (Å²) < 4.78 is 8.30. The molecule has 4 aliphatic rings. The maximum Gasteiger partial charge on any atom is 0.232 e. The lowest BCUT2D eigenvalue weighted by Crippen LogP contribution is -2.43. The number of hydrogen-bond acceptors (Lipinski definition) is 5. The SMILES string of the molecule is NCCN1C[C@]23CC[C@H](O2)[C@H](C(=O)Nc2cnc4n2CCCC4)[C@@H]3C1=O. The molecule has 0 aliphatic carbocycles. The molecule has 2 amide bonds. The number of rotatable bonds is 4. The van der Waals surface area contributed by atoms with Crippen LogP contribution in [0.15, 0.2) is 6.20 Å². The first-order chi connectivity index (χ1) is 12.6. The molecule has 0 unspecified atom stereocenters. The number of nitrogens with one attached hydrogen (secondary N) is 1. The van der Waals surface area contributed by atoms with E-state index in [1.54, 1.807) is 11.1 Å². The molecule has 0 aromatic carbocycles. The van der Waals surface area contributed by atoms with E-state index in [2.05, 4.69) is 14.9 Å². The number of imidazole rings is 1. The van der Waals surface area contributed by atoms with Crippen molar-refractivity contribution in [3.8, 4) is 0 Å². The molecule has 5 heterocycles. The van der Waals surface area contributed by atoms with Crippen LogP contribution in [-0.2, 0) is 27.3 Å². The summed E-state index contributed by atoms with van der Waals surface area (Å²) in [6.07, 6.45) is 6.44. The Labute approximate surface area is 152 Å². The number of likely N-dealkylation sites (tertiary alicyclic amines) is 1. The number of hydrogen-bond donors (Lipinski definition) is 2. The maximum atomic E-state index is 13.1. The first-order valence-electron chi connectivity index (χ1n) is 9.65. The second-order valence-corrected chi connectivity index (χ2v) is 7.97. The van der Waals surface area contributed by atoms with Crippen LogP contribution in [0.25, 0.3) is 0 Å². The number of carbonyl (C=O) groups is 2. The summed E-state index contributed by atoms with van der Waals surface area (Å²) in [6, 6.07) is 0. The smallest absolute Gasteiger partial charge is 0.232 e. The van der Waals surface area contributed by atoms with E-state index in [4.69, 9.17) is 10.5 Å². The number of aryl methyl sites for hydroxylation is 1. The van der Waals surface area contributed by atoms with Gasteiger partial charge in [0.2, 0.25) is 11.8 Å². The highest BCUT2D eigenvalue weighted by atomic mass is 16.5. The van der Waals surface area contributed by atoms with Crippen LogP contribution in [0.3, 0.4) is 0 Å². The monoisotopic (exact) mass is 359 g/mol. The minimum absolute atomic E-state index is 0.0214. The topological polar surface area (TPSA) is 102 Å². The number of nitrogens with zero attached hydrogens (tertiary/aromatic N) is 3. The highest BCUT2D eigenvalue weighted by Crippen LogP contribution is 2.55. The molecule has 3 fully saturated rings. The molecule has 140 valence electrons. The standard InChI is InChI=1S/C18H25N5O3/c19-6-8-22-10-18-5-4-11(26-18)14(15(18)17(22)25)16(24)21-13-9-20-12-3-1-2-7-23(12)13/h9,11,14-15H,1-8,10,19H2,(H,21,24)/t11-,14-,15+,18-/m0/s1. The summed E-state index contributed by atoms with van der Waals surface area (Å²) in [5.41, 5.74) is 5.15. The van der Waals surface area contributed by atoms with Crippen LogP contribution in [0, 0.1) is 11.8 Å². The van der Waals surface area contributed by atoms with Gasteiger partial charge in [0, 0.05) is 26.1 Å². The molecule has 3 N–H and O–H groups in total. The molecule has 26 heavy (non-hydrogen) atoms. The Morgan fingerprint density at radius 2 is 2.35 bits per heavy atom. The zero-order valence-electron chi connectivity index (χ0n) is 14.8. The third-order valence-electron chi connectivity index (χ3n) is 6.52. The summed E-state index contributed by atoms with van der Waals surface area (Å²) in [7, 11) is 0. The van der Waals surface area contributed by atoms with Gasteiger partial charge in [-0.1, -0.05) is 0 Å². The van der Waals surface area contributed by atoms with Crippen molar-refractivity contribution in [3.63, 3.8) is 0 Å². The van der Waals surface area contributed by atoms with E-state index < -0.39 is 11.5 Å². The average Bonchev–Trinajstić information content (AvgIpc) is 3.37. The van der Waals surface area contributed by atoms with Gasteiger partial charge < -0.3 is 25.3 Å². The number of anilines is 1. The summed E-state index contributed by atoms with van der Waals surface area (Å²) in [6.45, 7) is 2.40. The number of ether oxygens (including phenoxy) is 1. The molecule has 1 aromatic rings. The van der Waals surface area contributed by atoms with Crippen LogP contribution < -0.4 is 11.1 Å². The van der Waals surface area contributed by atoms with Crippen LogP contribution in [0.1, 0.15) is 31.5 Å². The molecule has 8 heteroatoms. The molecular weight excluding hydrogens is 334 g/mol. The molecule has 8 nitrogen and oxygen atoms in total. The summed E-state index contributed by atoms with van der Waals surface area (Å²) in [4.78, 5) is 32.2. The van der Waals surface area contributed by atoms with Crippen LogP contribution in [0.2, 0.25) is 0 Å². The highest BCUT2D eigenvalue weighted by Gasteiger charge is 2.68. The number of aromatic nitrogens is 2. The van der Waals surface area contributed by atoms with Crippen LogP contribution in [0.4, 0.5) is 5.82 Å². The Kier molecular flexibility index (Phi) is 3.62. The van der Waals surface area contributed by atoms with Crippen molar-refractivity contribution >= 4 is 17.6 Å². The number of nitrogens with two attached hydrogens (primary N) is 1. The molecule has 2 bridgehead atoms. The first-order valence-corrected chi connectivity index (χ1v) is 9.65. The molecule has 1 spiro atoms. The predicted octanol–water partition coefficient (Wildman–Crippen LogP) is 0.123. The minimum Gasteiger partial charge on any atom is -0.368 e. The van der Waals surface area contributed by atoms with E-state index in [-0.39, 0.29) is 23.8 Å². The Bertz CT molecular complexity index is 762. The Morgan fingerprint density at radius 3 is 3.19 bits per heavy atom. The summed E-state index contributed by atoms with van der Waals surface area (Å²) in [5, 5.41) is 3.04. The van der Waals surface area contributed by atoms with Gasteiger partial charge in [-0.2, -0.15) is 0 Å². The van der Waals surface area contributed by atoms with Crippen molar-refractivity contribution in [2.24, 2.45) is 17.6 Å². The fourth-order valence-corrected chi connectivity index (χ4v) is 5.41. The van der Waals surface area contributed by atoms with E-state index in [0.29, 0.717) is 19.6 Å². The predicted molar refractivity (Wildman–Crippen MR) is 93.2 cm³/mol. The van der Waals surface area contributed by atoms with Gasteiger partial charge in [-0.15, -0.1) is 0 Å². The van der Waals surface area contributed by atoms with E-state index in [1.165, 1.54) is 0 Å². The fraction of sp³-hybridized carbons (Fsp3) is 0.722. The minimum atomic E-state index is -0.490. The van der Waals surface area contributed by atoms with Gasteiger partial charge >= 0.3 is 0 Å². The molecular formula is C18H25N5O3. The summed E-state index contributed by atoms with van der Waals surface area (Å²) >= 11 is 0. The van der Waals surface area contributed by atoms with Gasteiger partial charge in [0.25, 0.3) is 0 Å². The highest BCUT2D eigenvalue weighted by molar-refractivity contribution is 5.98. The fourth-order valence-electron chi connectivity index (χ4n) is 5.41. The summed E-state index contributed by atoms with van der Waals surface area (Å²) in [5.74, 6) is 0.875. The Morgan fingerprint density at radius 1 is 1.46 bits per heavy atom. The lowest BCUT2D eigenvalue weighted by molar-refractivity contribution is -0.136. The lowest BCUT2D eigenvalue weighted by atomic mass is 9.73. The normalized spacial score (nSPS) is 34.9. The largest absolute Gasteiger partial charge is 0.368 e. The van der Waals surface area contributed by atoms with Gasteiger partial charge in [0.1, 0.15) is 11.6 Å². The second-order valence-electron chi connectivity index (χ2n) is 7.97. The Hall–Kier alpha value is -1.93. The second kappa shape index (κ2) is 5.79. The van der Waals surface area contributed by atoms with Gasteiger partial charge in [-0.05, 0) is 25.7 Å². The lowest BCUT2D eigenvalue weighted by Gasteiger charge is -2.27. The molecule has 3 saturated heterocycles. The molecule has 0 saturated carbocycles. The van der Waals surface area contributed by atoms with Gasteiger partial charge in [0.15, 0.2) is 0 Å². The van der Waals surface area contributed by atoms with E-state index in [1.807, 2.05) is 0 Å². The molecule has 5 rings (SSSR count). The molecule has 4 atom stereocenters. The zero-order valence-corrected chi connectivity index (χ0v) is 14.8. The molecule has 1 aromatic heterocycles. The Balaban J connectivity index is 1.39. The van der Waals surface area contributed by atoms with E-state index in [9.17, 15) is 9.59 Å². The van der Waals surface area contributed by atoms with Crippen LogP contribution in [-0.4, -0.2) is 57.6 Å². The van der Waals surface area contributed by atoms with Crippen molar-refractivity contribution in [1.82, 2.24) is 14.5 Å². The quantitative estimate of drug-likeness (QED) is 0.795. The van der Waals surface area contributed by atoms with Crippen molar-refractivity contribution < 1.29 is 14.3 Å². The van der Waals surface area contributed by atoms with Crippen molar-refractivity contribution in [2.45, 2.75) is 50.4 Å². The van der Waals surface area contributed by atoms with E-state index >= 15 is 0 Å². The molecule has 0 radical (unpaired) electrons. The first kappa shape index (κ1) is 16.3. The van der Waals surface area contributed by atoms with Crippen molar-refractivity contribution in [2.75, 3.05) is 25.0 Å². The van der Waals surface area contributed by atoms with Crippen molar-refractivity contribution in [1.29, 1.82) is 0 Å². The van der Waals surface area contributed by atoms with Crippen LogP contribution >= 0.6 is 0 Å². The van der Waals surface area contributed by atoms with Gasteiger partial charge in [-0.3, -0.25) is 9.59 Å². The average molecular weight is 359 g/mol. The maximum absolute atomic E-state index is 13.1. The van der Waals surface area contributed by atoms with Crippen molar-refractivity contribution in [3.05, 3.63) is 12.0 Å². The van der Waals surface area contributed by atoms with Gasteiger partial charge in [0.05, 0.1) is 36.3 Å². The molecule has 4 aliphatic heterocycles. The third kappa shape index (κ3) is 2.18. The van der Waals surface area contributed by atoms with E-state index in [0.717, 1.165) is 50.3 Å².